The van der Waals surface area contributed by atoms with Gasteiger partial charge in [-0.1, -0.05) is 12.8 Å². The van der Waals surface area contributed by atoms with E-state index in [1.165, 1.54) is 25.8 Å². The van der Waals surface area contributed by atoms with Crippen LogP contribution < -0.4 is 10.6 Å². The zero-order valence-corrected chi connectivity index (χ0v) is 13.6. The molecular formula is C17H29N3O2. The van der Waals surface area contributed by atoms with Crippen molar-refractivity contribution in [1.29, 1.82) is 0 Å². The van der Waals surface area contributed by atoms with Crippen LogP contribution in [0, 0.1) is 5.92 Å². The summed E-state index contributed by atoms with van der Waals surface area (Å²) in [5.41, 5.74) is 0. The van der Waals surface area contributed by atoms with Gasteiger partial charge in [-0.3, -0.25) is 14.5 Å². The Hall–Kier alpha value is -1.10. The van der Waals surface area contributed by atoms with Crippen molar-refractivity contribution in [3.8, 4) is 0 Å². The van der Waals surface area contributed by atoms with Crippen LogP contribution in [-0.2, 0) is 9.59 Å². The predicted molar refractivity (Wildman–Crippen MR) is 85.3 cm³/mol. The molecule has 1 aliphatic carbocycles. The van der Waals surface area contributed by atoms with Gasteiger partial charge in [-0.15, -0.1) is 0 Å². The molecule has 2 heterocycles. The molecule has 3 rings (SSSR count). The first-order chi connectivity index (χ1) is 10.6. The quantitative estimate of drug-likeness (QED) is 0.829. The van der Waals surface area contributed by atoms with E-state index in [1.54, 1.807) is 6.92 Å². The number of nitrogens with one attached hydrogen (secondary N) is 2. The number of nitrogens with zero attached hydrogens (tertiary/aromatic N) is 1. The first-order valence-electron chi connectivity index (χ1n) is 8.95. The van der Waals surface area contributed by atoms with Gasteiger partial charge in [-0.05, 0) is 45.1 Å². The average molecular weight is 307 g/mol. The van der Waals surface area contributed by atoms with E-state index >= 15 is 0 Å². The maximum Gasteiger partial charge on any atom is 0.223 e. The molecule has 0 aromatic carbocycles. The van der Waals surface area contributed by atoms with E-state index in [-0.39, 0.29) is 23.8 Å². The SMILES string of the molecule is CC(=O)NC1CCCC(C(=O)NC2CCN3CCCCC23)C1. The highest BCUT2D eigenvalue weighted by Gasteiger charge is 2.37. The highest BCUT2D eigenvalue weighted by molar-refractivity contribution is 5.79. The Morgan fingerprint density at radius 1 is 0.955 bits per heavy atom. The molecule has 22 heavy (non-hydrogen) atoms. The number of piperidine rings is 1. The van der Waals surface area contributed by atoms with E-state index in [9.17, 15) is 9.59 Å². The van der Waals surface area contributed by atoms with Crippen LogP contribution in [0.3, 0.4) is 0 Å². The molecule has 3 fully saturated rings. The lowest BCUT2D eigenvalue weighted by atomic mass is 9.84. The van der Waals surface area contributed by atoms with E-state index < -0.39 is 0 Å². The molecule has 2 amide bonds. The molecule has 2 aliphatic heterocycles. The average Bonchev–Trinajstić information content (AvgIpc) is 2.90. The largest absolute Gasteiger partial charge is 0.354 e. The molecule has 4 unspecified atom stereocenters. The Bertz CT molecular complexity index is 426. The summed E-state index contributed by atoms with van der Waals surface area (Å²) >= 11 is 0. The molecule has 5 nitrogen and oxygen atoms in total. The third-order valence-electron chi connectivity index (χ3n) is 5.64. The summed E-state index contributed by atoms with van der Waals surface area (Å²) in [4.78, 5) is 26.4. The van der Waals surface area contributed by atoms with Gasteiger partial charge in [-0.25, -0.2) is 0 Å². The van der Waals surface area contributed by atoms with Crippen LogP contribution in [0.15, 0.2) is 0 Å². The summed E-state index contributed by atoms with van der Waals surface area (Å²) in [6.45, 7) is 3.89. The minimum Gasteiger partial charge on any atom is -0.354 e. The molecule has 0 aromatic heterocycles. The van der Waals surface area contributed by atoms with Crippen LogP contribution in [-0.4, -0.2) is 47.9 Å². The molecule has 3 aliphatic rings. The maximum absolute atomic E-state index is 12.6. The van der Waals surface area contributed by atoms with Crippen molar-refractivity contribution in [3.05, 3.63) is 0 Å². The first kappa shape index (κ1) is 15.8. The summed E-state index contributed by atoms with van der Waals surface area (Å²) in [6, 6.07) is 1.08. The zero-order valence-electron chi connectivity index (χ0n) is 13.6. The maximum atomic E-state index is 12.6. The van der Waals surface area contributed by atoms with Crippen LogP contribution >= 0.6 is 0 Å². The van der Waals surface area contributed by atoms with E-state index in [4.69, 9.17) is 0 Å². The lowest BCUT2D eigenvalue weighted by molar-refractivity contribution is -0.128. The van der Waals surface area contributed by atoms with Crippen LogP contribution in [0.2, 0.25) is 0 Å². The van der Waals surface area contributed by atoms with Crippen molar-refractivity contribution in [2.75, 3.05) is 13.1 Å². The van der Waals surface area contributed by atoms with Gasteiger partial charge < -0.3 is 10.6 Å². The normalized spacial score (nSPS) is 35.7. The van der Waals surface area contributed by atoms with Crippen LogP contribution in [0.4, 0.5) is 0 Å². The van der Waals surface area contributed by atoms with Crippen LogP contribution in [0.25, 0.3) is 0 Å². The molecule has 4 atom stereocenters. The summed E-state index contributed by atoms with van der Waals surface area (Å²) in [5, 5.41) is 6.31. The minimum absolute atomic E-state index is 0.0136. The standard InChI is InChI=1S/C17H29N3O2/c1-12(21)18-14-6-4-5-13(11-14)17(22)19-15-8-10-20-9-3-2-7-16(15)20/h13-16H,2-11H2,1H3,(H,18,21)(H,19,22). The number of carbonyl (C=O) groups is 2. The van der Waals surface area contributed by atoms with Crippen molar-refractivity contribution in [3.63, 3.8) is 0 Å². The lowest BCUT2D eigenvalue weighted by Crippen LogP contribution is -2.49. The van der Waals surface area contributed by atoms with E-state index in [0.29, 0.717) is 12.1 Å². The van der Waals surface area contributed by atoms with Gasteiger partial charge in [0, 0.05) is 37.5 Å². The molecule has 5 heteroatoms. The number of hydrogen-bond donors (Lipinski definition) is 2. The summed E-state index contributed by atoms with van der Waals surface area (Å²) in [7, 11) is 0. The van der Waals surface area contributed by atoms with Gasteiger partial charge in [0.05, 0.1) is 0 Å². The Labute approximate surface area is 133 Å². The van der Waals surface area contributed by atoms with Crippen molar-refractivity contribution >= 4 is 11.8 Å². The topological polar surface area (TPSA) is 61.4 Å². The monoisotopic (exact) mass is 307 g/mol. The summed E-state index contributed by atoms with van der Waals surface area (Å²) < 4.78 is 0. The van der Waals surface area contributed by atoms with Crippen LogP contribution in [0.1, 0.15) is 58.3 Å². The molecule has 0 bridgehead atoms. The molecule has 0 radical (unpaired) electrons. The van der Waals surface area contributed by atoms with Gasteiger partial charge in [0.25, 0.3) is 0 Å². The second-order valence-corrected chi connectivity index (χ2v) is 7.26. The summed E-state index contributed by atoms with van der Waals surface area (Å²) in [5.74, 6) is 0.301. The van der Waals surface area contributed by atoms with Crippen LogP contribution in [0.5, 0.6) is 0 Å². The van der Waals surface area contributed by atoms with Gasteiger partial charge in [0.2, 0.25) is 11.8 Å². The van der Waals surface area contributed by atoms with Gasteiger partial charge in [0.1, 0.15) is 0 Å². The minimum atomic E-state index is 0.0136. The third-order valence-corrected chi connectivity index (χ3v) is 5.64. The molecule has 2 saturated heterocycles. The number of carbonyl (C=O) groups excluding carboxylic acids is 2. The van der Waals surface area contributed by atoms with E-state index in [0.717, 1.165) is 38.6 Å². The molecule has 124 valence electrons. The van der Waals surface area contributed by atoms with Gasteiger partial charge in [-0.2, -0.15) is 0 Å². The fraction of sp³-hybridized carbons (Fsp3) is 0.882. The highest BCUT2D eigenvalue weighted by Crippen LogP contribution is 2.29. The second-order valence-electron chi connectivity index (χ2n) is 7.26. The van der Waals surface area contributed by atoms with Crippen molar-refractivity contribution in [1.82, 2.24) is 15.5 Å². The Morgan fingerprint density at radius 2 is 1.82 bits per heavy atom. The Kier molecular flexibility index (Phi) is 5.01. The predicted octanol–water partition coefficient (Wildman–Crippen LogP) is 1.42. The van der Waals surface area contributed by atoms with Crippen molar-refractivity contribution in [2.45, 2.75) is 76.4 Å². The van der Waals surface area contributed by atoms with E-state index in [2.05, 4.69) is 15.5 Å². The number of amides is 2. The second kappa shape index (κ2) is 6.99. The van der Waals surface area contributed by atoms with Gasteiger partial charge in [0.15, 0.2) is 0 Å². The molecular weight excluding hydrogens is 278 g/mol. The number of rotatable bonds is 3. The molecule has 1 saturated carbocycles. The Balaban J connectivity index is 1.52. The fourth-order valence-electron chi connectivity index (χ4n) is 4.56. The fourth-order valence-corrected chi connectivity index (χ4v) is 4.56. The van der Waals surface area contributed by atoms with E-state index in [1.807, 2.05) is 0 Å². The van der Waals surface area contributed by atoms with Gasteiger partial charge >= 0.3 is 0 Å². The highest BCUT2D eigenvalue weighted by atomic mass is 16.2. The lowest BCUT2D eigenvalue weighted by Gasteiger charge is -2.34. The number of hydrogen-bond acceptors (Lipinski definition) is 3. The molecule has 0 aromatic rings. The molecule has 0 spiro atoms. The zero-order chi connectivity index (χ0) is 15.5. The smallest absolute Gasteiger partial charge is 0.223 e. The summed E-state index contributed by atoms with van der Waals surface area (Å²) in [6.07, 6.45) is 8.71. The van der Waals surface area contributed by atoms with Crippen molar-refractivity contribution < 1.29 is 9.59 Å². The number of fused-ring (bicyclic) bond motifs is 1. The Morgan fingerprint density at radius 3 is 2.64 bits per heavy atom. The third kappa shape index (κ3) is 3.62. The molecule has 2 N–H and O–H groups in total. The first-order valence-corrected chi connectivity index (χ1v) is 8.95. The van der Waals surface area contributed by atoms with Crippen molar-refractivity contribution in [2.24, 2.45) is 5.92 Å².